The fourth-order valence-corrected chi connectivity index (χ4v) is 3.51. The molecule has 4 unspecified atom stereocenters. The molecule has 0 aromatic rings. The van der Waals surface area contributed by atoms with Crippen molar-refractivity contribution in [1.29, 1.82) is 0 Å². The zero-order valence-corrected chi connectivity index (χ0v) is 11.6. The fourth-order valence-electron chi connectivity index (χ4n) is 3.51. The van der Waals surface area contributed by atoms with Crippen molar-refractivity contribution < 1.29 is 9.53 Å². The van der Waals surface area contributed by atoms with Gasteiger partial charge < -0.3 is 4.74 Å². The Labute approximate surface area is 111 Å². The average molecular weight is 250 g/mol. The van der Waals surface area contributed by atoms with Gasteiger partial charge in [-0.15, -0.1) is 0 Å². The van der Waals surface area contributed by atoms with Crippen molar-refractivity contribution in [1.82, 2.24) is 0 Å². The molecule has 4 atom stereocenters. The molecule has 2 heteroatoms. The Morgan fingerprint density at radius 3 is 2.83 bits per heavy atom. The summed E-state index contributed by atoms with van der Waals surface area (Å²) in [4.78, 5) is 10.4. The summed E-state index contributed by atoms with van der Waals surface area (Å²) in [6, 6.07) is 0. The molecule has 2 radical (unpaired) electrons. The molecular weight excluding hydrogens is 224 g/mol. The molecule has 0 aliphatic heterocycles. The number of hydrogen-bond acceptors (Lipinski definition) is 2. The zero-order valence-electron chi connectivity index (χ0n) is 11.6. The third-order valence-corrected chi connectivity index (χ3v) is 4.56. The molecule has 0 heterocycles. The summed E-state index contributed by atoms with van der Waals surface area (Å²) >= 11 is 0. The summed E-state index contributed by atoms with van der Waals surface area (Å²) in [5.74, 6) is 1.81. The topological polar surface area (TPSA) is 26.3 Å². The van der Waals surface area contributed by atoms with Crippen molar-refractivity contribution in [2.24, 2.45) is 11.8 Å². The lowest BCUT2D eigenvalue weighted by molar-refractivity contribution is 0.0334. The molecule has 2 fully saturated rings. The van der Waals surface area contributed by atoms with Crippen molar-refractivity contribution in [3.05, 3.63) is 6.42 Å². The van der Waals surface area contributed by atoms with E-state index < -0.39 is 0 Å². The summed E-state index contributed by atoms with van der Waals surface area (Å²) in [7, 11) is 0. The quantitative estimate of drug-likeness (QED) is 0.686. The third kappa shape index (κ3) is 4.38. The van der Waals surface area contributed by atoms with Crippen LogP contribution in [-0.2, 0) is 9.53 Å². The van der Waals surface area contributed by atoms with Crippen molar-refractivity contribution in [2.45, 2.75) is 76.9 Å². The smallest absolute Gasteiger partial charge is 0.229 e. The molecule has 0 aromatic heterocycles. The molecule has 2 rings (SSSR count). The second kappa shape index (κ2) is 7.28. The van der Waals surface area contributed by atoms with Crippen LogP contribution in [0, 0.1) is 18.3 Å². The van der Waals surface area contributed by atoms with Gasteiger partial charge in [-0.2, -0.15) is 0 Å². The van der Waals surface area contributed by atoms with Gasteiger partial charge in [0.05, 0.1) is 6.10 Å². The minimum Gasteiger partial charge on any atom is -0.367 e. The number of rotatable bonds is 7. The third-order valence-electron chi connectivity index (χ3n) is 4.56. The molecule has 0 aromatic carbocycles. The maximum Gasteiger partial charge on any atom is 0.229 e. The molecular formula is C16H26O2. The van der Waals surface area contributed by atoms with Crippen LogP contribution in [0.15, 0.2) is 0 Å². The maximum absolute atomic E-state index is 10.4. The Kier molecular flexibility index (Phi) is 5.68. The minimum absolute atomic E-state index is 0.311. The fraction of sp³-hybridized carbons (Fsp3) is 0.875. The van der Waals surface area contributed by atoms with Crippen LogP contribution in [-0.4, -0.2) is 18.5 Å². The highest BCUT2D eigenvalue weighted by molar-refractivity contribution is 5.56. The van der Waals surface area contributed by atoms with Crippen LogP contribution in [0.25, 0.3) is 0 Å². The van der Waals surface area contributed by atoms with Crippen molar-refractivity contribution in [3.8, 4) is 0 Å². The van der Waals surface area contributed by atoms with Gasteiger partial charge in [0.15, 0.2) is 0 Å². The average Bonchev–Trinajstić information content (AvgIpc) is 3.01. The Morgan fingerprint density at radius 2 is 2.11 bits per heavy atom. The summed E-state index contributed by atoms with van der Waals surface area (Å²) in [6.07, 6.45) is 16.2. The van der Waals surface area contributed by atoms with E-state index in [-0.39, 0.29) is 6.10 Å². The number of carbonyl (C=O) groups excluding carboxylic acids is 1. The Balaban J connectivity index is 1.56. The van der Waals surface area contributed by atoms with Gasteiger partial charge in [0.2, 0.25) is 6.29 Å². The first-order valence-electron chi connectivity index (χ1n) is 7.62. The van der Waals surface area contributed by atoms with E-state index in [9.17, 15) is 4.79 Å². The van der Waals surface area contributed by atoms with Gasteiger partial charge in [-0.25, -0.2) is 0 Å². The summed E-state index contributed by atoms with van der Waals surface area (Å²) < 4.78 is 5.64. The second-order valence-corrected chi connectivity index (χ2v) is 6.10. The van der Waals surface area contributed by atoms with E-state index in [1.54, 1.807) is 6.92 Å². The van der Waals surface area contributed by atoms with Crippen LogP contribution in [0.5, 0.6) is 0 Å². The summed E-state index contributed by atoms with van der Waals surface area (Å²) in [5, 5.41) is 0. The normalized spacial score (nSPS) is 30.7. The van der Waals surface area contributed by atoms with Crippen molar-refractivity contribution >= 4 is 6.29 Å². The van der Waals surface area contributed by atoms with E-state index in [1.165, 1.54) is 44.9 Å². The van der Waals surface area contributed by atoms with E-state index in [0.29, 0.717) is 6.10 Å². The van der Waals surface area contributed by atoms with Gasteiger partial charge in [0, 0.05) is 0 Å². The second-order valence-electron chi connectivity index (χ2n) is 6.10. The monoisotopic (exact) mass is 250 g/mol. The van der Waals surface area contributed by atoms with Crippen molar-refractivity contribution in [2.75, 3.05) is 0 Å². The lowest BCUT2D eigenvalue weighted by atomic mass is 9.95. The number of ether oxygens (including phenoxy) is 1. The maximum atomic E-state index is 10.4. The summed E-state index contributed by atoms with van der Waals surface area (Å²) in [5.41, 5.74) is 0. The molecule has 18 heavy (non-hydrogen) atoms. The van der Waals surface area contributed by atoms with Gasteiger partial charge in [-0.1, -0.05) is 25.7 Å². The number of hydrogen-bond donors (Lipinski definition) is 0. The molecule has 0 N–H and O–H groups in total. The van der Waals surface area contributed by atoms with Gasteiger partial charge in [-0.05, 0) is 57.3 Å². The highest BCUT2D eigenvalue weighted by Gasteiger charge is 2.26. The highest BCUT2D eigenvalue weighted by Crippen LogP contribution is 2.34. The van der Waals surface area contributed by atoms with E-state index in [1.807, 2.05) is 6.29 Å². The predicted molar refractivity (Wildman–Crippen MR) is 72.9 cm³/mol. The van der Waals surface area contributed by atoms with Gasteiger partial charge in [0.25, 0.3) is 0 Å². The molecule has 102 valence electrons. The molecule has 2 nitrogen and oxygen atoms in total. The van der Waals surface area contributed by atoms with Crippen LogP contribution in [0.2, 0.25) is 0 Å². The van der Waals surface area contributed by atoms with Gasteiger partial charge in [-0.3, -0.25) is 4.79 Å². The predicted octanol–water partition coefficient (Wildman–Crippen LogP) is 3.84. The van der Waals surface area contributed by atoms with Crippen LogP contribution in [0.4, 0.5) is 0 Å². The first-order chi connectivity index (χ1) is 8.78. The standard InChI is InChI=1S/C16H26O2/c1-13(12-17)18-16-10-9-15(11-16)8-4-7-14-5-2-3-6-14/h2,13-16H,3-11H2,1H3. The first-order valence-corrected chi connectivity index (χ1v) is 7.62. The molecule has 0 amide bonds. The Morgan fingerprint density at radius 1 is 1.28 bits per heavy atom. The van der Waals surface area contributed by atoms with Crippen LogP contribution in [0.3, 0.4) is 0 Å². The van der Waals surface area contributed by atoms with E-state index in [0.717, 1.165) is 24.7 Å². The highest BCUT2D eigenvalue weighted by atomic mass is 16.5. The van der Waals surface area contributed by atoms with Crippen molar-refractivity contribution in [3.63, 3.8) is 0 Å². The lowest BCUT2D eigenvalue weighted by Gasteiger charge is -2.15. The van der Waals surface area contributed by atoms with Crippen LogP contribution >= 0.6 is 0 Å². The molecule has 0 spiro atoms. The van der Waals surface area contributed by atoms with Crippen LogP contribution in [0.1, 0.15) is 64.7 Å². The molecule has 2 aliphatic rings. The van der Waals surface area contributed by atoms with E-state index in [2.05, 4.69) is 6.42 Å². The van der Waals surface area contributed by atoms with Crippen LogP contribution < -0.4 is 0 Å². The lowest BCUT2D eigenvalue weighted by Crippen LogP contribution is -2.18. The minimum atomic E-state index is -0.345. The van der Waals surface area contributed by atoms with E-state index >= 15 is 0 Å². The van der Waals surface area contributed by atoms with Gasteiger partial charge >= 0.3 is 0 Å². The molecule has 2 saturated carbocycles. The van der Waals surface area contributed by atoms with E-state index in [4.69, 9.17) is 4.74 Å². The molecule has 0 bridgehead atoms. The molecule has 0 saturated heterocycles. The SMILES string of the molecule is CC([C]=O)OC1CCC(CCCC2C[CH]CC2)C1. The Hall–Kier alpha value is -0.370. The molecule has 2 aliphatic carbocycles. The Bertz CT molecular complexity index is 245. The zero-order chi connectivity index (χ0) is 12.8. The first kappa shape index (κ1) is 14.0. The largest absolute Gasteiger partial charge is 0.367 e. The van der Waals surface area contributed by atoms with Gasteiger partial charge in [0.1, 0.15) is 6.10 Å². The summed E-state index contributed by atoms with van der Waals surface area (Å²) in [6.45, 7) is 1.79.